The van der Waals surface area contributed by atoms with Crippen molar-refractivity contribution in [3.05, 3.63) is 73.0 Å². The zero-order chi connectivity index (χ0) is 15.4. The van der Waals surface area contributed by atoms with Crippen LogP contribution in [0.5, 0.6) is 0 Å². The number of hydrogen-bond donors (Lipinski definition) is 1. The molecule has 2 rings (SSSR count). The minimum Gasteiger partial charge on any atom is -0.308 e. The Labute approximate surface area is 134 Å². The third-order valence-electron chi connectivity index (χ3n) is 2.88. The van der Waals surface area contributed by atoms with E-state index in [4.69, 9.17) is 11.6 Å². The average molecular weight is 374 g/mol. The number of hydrogen-bond acceptors (Lipinski definition) is 3. The summed E-state index contributed by atoms with van der Waals surface area (Å²) in [5, 5.41) is 14.2. The van der Waals surface area contributed by atoms with Crippen molar-refractivity contribution in [1.82, 2.24) is 5.32 Å². The monoisotopic (exact) mass is 372 g/mol. The van der Waals surface area contributed by atoms with Gasteiger partial charge in [-0.15, -0.1) is 0 Å². The summed E-state index contributed by atoms with van der Waals surface area (Å²) in [5.41, 5.74) is 1.08. The van der Waals surface area contributed by atoms with Crippen molar-refractivity contribution in [2.75, 3.05) is 0 Å². The van der Waals surface area contributed by atoms with Gasteiger partial charge in [-0.3, -0.25) is 10.1 Å². The molecule has 2 aromatic rings. The van der Waals surface area contributed by atoms with Gasteiger partial charge >= 0.3 is 0 Å². The van der Waals surface area contributed by atoms with E-state index in [0.717, 1.165) is 4.47 Å². The van der Waals surface area contributed by atoms with E-state index in [9.17, 15) is 14.5 Å². The van der Waals surface area contributed by atoms with E-state index in [1.165, 1.54) is 24.3 Å². The quantitative estimate of drug-likeness (QED) is 0.623. The second-order valence-corrected chi connectivity index (χ2v) is 5.69. The van der Waals surface area contributed by atoms with Crippen molar-refractivity contribution < 1.29 is 9.31 Å². The highest BCUT2D eigenvalue weighted by Crippen LogP contribution is 2.22. The van der Waals surface area contributed by atoms with Gasteiger partial charge in [0.25, 0.3) is 5.69 Å². The Bertz CT molecular complexity index is 682. The van der Waals surface area contributed by atoms with Crippen molar-refractivity contribution in [1.29, 1.82) is 0 Å². The number of halogens is 3. The van der Waals surface area contributed by atoms with E-state index in [-0.39, 0.29) is 11.5 Å². The number of nitrogens with one attached hydrogen (secondary N) is 1. The van der Waals surface area contributed by atoms with Gasteiger partial charge < -0.3 is 5.32 Å². The van der Waals surface area contributed by atoms with Crippen molar-refractivity contribution in [2.24, 2.45) is 0 Å². The molecule has 0 heterocycles. The van der Waals surface area contributed by atoms with E-state index < -0.39 is 4.92 Å². The first-order valence-corrected chi connectivity index (χ1v) is 7.22. The lowest BCUT2D eigenvalue weighted by Crippen LogP contribution is -2.14. The van der Waals surface area contributed by atoms with Gasteiger partial charge in [0.1, 0.15) is 5.82 Å². The fourth-order valence-corrected chi connectivity index (χ4v) is 2.41. The molecule has 7 heteroatoms. The Morgan fingerprint density at radius 2 is 1.90 bits per heavy atom. The summed E-state index contributed by atoms with van der Waals surface area (Å²) in [6.07, 6.45) is 0. The first-order chi connectivity index (χ1) is 9.97. The predicted octanol–water partition coefficient (Wildman–Crippen LogP) is 4.44. The molecule has 0 saturated heterocycles. The van der Waals surface area contributed by atoms with Gasteiger partial charge in [-0.25, -0.2) is 4.39 Å². The van der Waals surface area contributed by atoms with Crippen LogP contribution in [0.1, 0.15) is 11.1 Å². The molecule has 0 atom stereocenters. The summed E-state index contributed by atoms with van der Waals surface area (Å²) in [4.78, 5) is 10.3. The van der Waals surface area contributed by atoms with Crippen LogP contribution in [-0.4, -0.2) is 4.92 Å². The summed E-state index contributed by atoms with van der Waals surface area (Å²) in [6, 6.07) is 8.91. The Kier molecular flexibility index (Phi) is 5.27. The van der Waals surface area contributed by atoms with Gasteiger partial charge in [-0.2, -0.15) is 0 Å². The third kappa shape index (κ3) is 4.23. The highest BCUT2D eigenvalue weighted by molar-refractivity contribution is 9.10. The Balaban J connectivity index is 2.05. The largest absolute Gasteiger partial charge is 0.308 e. The number of benzene rings is 2. The fraction of sp³-hybridized carbons (Fsp3) is 0.143. The Morgan fingerprint density at radius 1 is 1.19 bits per heavy atom. The van der Waals surface area contributed by atoms with Crippen LogP contribution in [0.25, 0.3) is 0 Å². The molecule has 21 heavy (non-hydrogen) atoms. The predicted molar refractivity (Wildman–Crippen MR) is 82.8 cm³/mol. The lowest BCUT2D eigenvalue weighted by Gasteiger charge is -2.08. The van der Waals surface area contributed by atoms with E-state index in [1.807, 2.05) is 0 Å². The van der Waals surface area contributed by atoms with E-state index in [1.54, 1.807) is 12.1 Å². The highest BCUT2D eigenvalue weighted by atomic mass is 79.9. The van der Waals surface area contributed by atoms with Crippen LogP contribution < -0.4 is 5.32 Å². The molecular formula is C14H11BrClFN2O2. The molecule has 0 aliphatic carbocycles. The molecule has 0 bridgehead atoms. The average Bonchev–Trinajstić information content (AvgIpc) is 2.44. The molecule has 0 unspecified atom stereocenters. The summed E-state index contributed by atoms with van der Waals surface area (Å²) in [6.45, 7) is 0.608. The van der Waals surface area contributed by atoms with Crippen LogP contribution in [-0.2, 0) is 13.1 Å². The third-order valence-corrected chi connectivity index (χ3v) is 3.74. The molecule has 0 aliphatic rings. The molecule has 1 N–H and O–H groups in total. The van der Waals surface area contributed by atoms with Gasteiger partial charge in [0, 0.05) is 40.3 Å². The topological polar surface area (TPSA) is 55.2 Å². The van der Waals surface area contributed by atoms with E-state index in [0.29, 0.717) is 29.2 Å². The van der Waals surface area contributed by atoms with E-state index >= 15 is 0 Å². The summed E-state index contributed by atoms with van der Waals surface area (Å²) in [7, 11) is 0. The van der Waals surface area contributed by atoms with Crippen LogP contribution in [0.15, 0.2) is 40.9 Å². The smallest absolute Gasteiger partial charge is 0.269 e. The van der Waals surface area contributed by atoms with Crippen LogP contribution in [0, 0.1) is 15.9 Å². The van der Waals surface area contributed by atoms with Gasteiger partial charge in [0.2, 0.25) is 0 Å². The Morgan fingerprint density at radius 3 is 2.62 bits per heavy atom. The maximum atomic E-state index is 13.6. The summed E-state index contributed by atoms with van der Waals surface area (Å²) in [5.74, 6) is -0.309. The molecule has 0 spiro atoms. The number of non-ortho nitro benzene ring substituents is 1. The molecule has 0 aromatic heterocycles. The van der Waals surface area contributed by atoms with Crippen LogP contribution in [0.4, 0.5) is 10.1 Å². The lowest BCUT2D eigenvalue weighted by molar-refractivity contribution is -0.384. The number of nitro groups is 1. The molecular weight excluding hydrogens is 363 g/mol. The van der Waals surface area contributed by atoms with Crippen molar-refractivity contribution >= 4 is 33.2 Å². The minimum absolute atomic E-state index is 0.0233. The number of nitro benzene ring substituents is 1. The zero-order valence-corrected chi connectivity index (χ0v) is 13.1. The van der Waals surface area contributed by atoms with E-state index in [2.05, 4.69) is 21.2 Å². The molecule has 4 nitrogen and oxygen atoms in total. The van der Waals surface area contributed by atoms with Gasteiger partial charge in [0.15, 0.2) is 0 Å². The van der Waals surface area contributed by atoms with Crippen LogP contribution in [0.2, 0.25) is 5.02 Å². The normalized spacial score (nSPS) is 10.6. The first kappa shape index (κ1) is 15.9. The fourth-order valence-electron chi connectivity index (χ4n) is 1.82. The van der Waals surface area contributed by atoms with Gasteiger partial charge in [-0.1, -0.05) is 27.5 Å². The first-order valence-electron chi connectivity index (χ1n) is 6.05. The summed E-state index contributed by atoms with van der Waals surface area (Å²) >= 11 is 9.27. The Hall–Kier alpha value is -1.50. The standard InChI is InChI=1S/C14H11BrClFN2O2/c15-11-1-4-14(17)10(5-11)8-18-7-9-6-12(19(20)21)2-3-13(9)16/h1-6,18H,7-8H2. The molecule has 0 aliphatic heterocycles. The van der Waals surface area contributed by atoms with Crippen LogP contribution >= 0.6 is 27.5 Å². The van der Waals surface area contributed by atoms with Gasteiger partial charge in [-0.05, 0) is 29.8 Å². The molecule has 0 radical (unpaired) electrons. The maximum absolute atomic E-state index is 13.6. The molecule has 2 aromatic carbocycles. The number of rotatable bonds is 5. The highest BCUT2D eigenvalue weighted by Gasteiger charge is 2.10. The van der Waals surface area contributed by atoms with Crippen molar-refractivity contribution in [2.45, 2.75) is 13.1 Å². The molecule has 0 saturated carbocycles. The maximum Gasteiger partial charge on any atom is 0.269 e. The van der Waals surface area contributed by atoms with Crippen molar-refractivity contribution in [3.8, 4) is 0 Å². The minimum atomic E-state index is -0.478. The zero-order valence-electron chi connectivity index (χ0n) is 10.8. The lowest BCUT2D eigenvalue weighted by atomic mass is 10.2. The molecule has 0 fully saturated rings. The molecule has 110 valence electrons. The summed E-state index contributed by atoms with van der Waals surface area (Å²) < 4.78 is 14.4. The second kappa shape index (κ2) is 6.98. The number of nitrogens with zero attached hydrogens (tertiary/aromatic N) is 1. The SMILES string of the molecule is O=[N+]([O-])c1ccc(Cl)c(CNCc2cc(Br)ccc2F)c1. The van der Waals surface area contributed by atoms with Crippen LogP contribution in [0.3, 0.4) is 0 Å². The van der Waals surface area contributed by atoms with Gasteiger partial charge in [0.05, 0.1) is 4.92 Å². The molecule has 0 amide bonds. The van der Waals surface area contributed by atoms with Crippen molar-refractivity contribution in [3.63, 3.8) is 0 Å². The second-order valence-electron chi connectivity index (χ2n) is 4.37.